The number of aliphatic hydroxyl groups is 1. The molecule has 0 atom stereocenters. The van der Waals surface area contributed by atoms with Gasteiger partial charge in [0.05, 0.1) is 11.8 Å². The first-order chi connectivity index (χ1) is 8.15. The van der Waals surface area contributed by atoms with E-state index in [1.54, 1.807) is 11.0 Å². The van der Waals surface area contributed by atoms with E-state index in [2.05, 4.69) is 19.0 Å². The maximum atomic E-state index is 11.9. The van der Waals surface area contributed by atoms with Crippen molar-refractivity contribution in [3.8, 4) is 0 Å². The fourth-order valence-corrected chi connectivity index (χ4v) is 2.07. The zero-order valence-corrected chi connectivity index (χ0v) is 10.2. The number of nitrogens with zero attached hydrogens (tertiary/aromatic N) is 2. The monoisotopic (exact) mass is 238 g/mol. The van der Waals surface area contributed by atoms with Gasteiger partial charge in [0.15, 0.2) is 0 Å². The predicted molar refractivity (Wildman–Crippen MR) is 61.7 cm³/mol. The van der Waals surface area contributed by atoms with E-state index in [0.717, 1.165) is 18.5 Å². The van der Waals surface area contributed by atoms with Crippen molar-refractivity contribution in [3.63, 3.8) is 0 Å². The maximum absolute atomic E-state index is 11.9. The lowest BCUT2D eigenvalue weighted by molar-refractivity contribution is 0.00341. The zero-order valence-electron chi connectivity index (χ0n) is 10.2. The lowest BCUT2D eigenvalue weighted by Crippen LogP contribution is -2.53. The van der Waals surface area contributed by atoms with Crippen LogP contribution in [-0.4, -0.2) is 40.3 Å². The van der Waals surface area contributed by atoms with Crippen LogP contribution in [0.2, 0.25) is 0 Å². The van der Waals surface area contributed by atoms with Gasteiger partial charge in [-0.1, -0.05) is 19.0 Å². The van der Waals surface area contributed by atoms with E-state index >= 15 is 0 Å². The predicted octanol–water partition coefficient (Wildman–Crippen LogP) is 1.39. The largest absolute Gasteiger partial charge is 0.389 e. The Hall–Kier alpha value is -1.36. The van der Waals surface area contributed by atoms with Crippen LogP contribution in [0.5, 0.6) is 0 Å². The van der Waals surface area contributed by atoms with E-state index in [-0.39, 0.29) is 17.8 Å². The molecule has 1 saturated heterocycles. The lowest BCUT2D eigenvalue weighted by Gasteiger charge is -2.34. The van der Waals surface area contributed by atoms with Gasteiger partial charge in [-0.05, 0) is 12.8 Å². The lowest BCUT2D eigenvalue weighted by atomic mass is 9.99. The Balaban J connectivity index is 2.05. The van der Waals surface area contributed by atoms with Gasteiger partial charge in [-0.2, -0.15) is 0 Å². The first kappa shape index (κ1) is 12.1. The highest BCUT2D eigenvalue weighted by Gasteiger charge is 2.31. The minimum atomic E-state index is -0.389. The summed E-state index contributed by atoms with van der Waals surface area (Å²) in [6.45, 7) is 4.96. The topological polar surface area (TPSA) is 66.6 Å². The molecule has 1 N–H and O–H groups in total. The van der Waals surface area contributed by atoms with Gasteiger partial charge < -0.3 is 14.5 Å². The fourth-order valence-electron chi connectivity index (χ4n) is 2.07. The van der Waals surface area contributed by atoms with Gasteiger partial charge in [0.25, 0.3) is 5.91 Å². The van der Waals surface area contributed by atoms with E-state index in [1.807, 2.05) is 0 Å². The van der Waals surface area contributed by atoms with Crippen LogP contribution < -0.4 is 0 Å². The average Bonchev–Trinajstić information content (AvgIpc) is 2.75. The molecule has 2 heterocycles. The van der Waals surface area contributed by atoms with Gasteiger partial charge in [-0.3, -0.25) is 4.79 Å². The number of aliphatic hydroxyl groups excluding tert-OH is 1. The standard InChI is InChI=1S/C12H18N2O3/c1-3-8(4-2)10-5-11(17-13-10)12(16)14-6-9(15)7-14/h5,8-9,15H,3-4,6-7H2,1-2H3. The van der Waals surface area contributed by atoms with Crippen molar-refractivity contribution in [2.75, 3.05) is 13.1 Å². The van der Waals surface area contributed by atoms with Gasteiger partial charge in [0.2, 0.25) is 5.76 Å². The van der Waals surface area contributed by atoms with Crippen LogP contribution in [0, 0.1) is 0 Å². The molecule has 0 bridgehead atoms. The molecule has 1 aliphatic heterocycles. The zero-order chi connectivity index (χ0) is 12.4. The summed E-state index contributed by atoms with van der Waals surface area (Å²) in [6, 6.07) is 1.73. The van der Waals surface area contributed by atoms with Gasteiger partial charge in [-0.15, -0.1) is 0 Å². The summed E-state index contributed by atoms with van der Waals surface area (Å²) in [5, 5.41) is 13.1. The number of hydrogen-bond donors (Lipinski definition) is 1. The molecule has 0 unspecified atom stereocenters. The normalized spacial score (nSPS) is 16.4. The van der Waals surface area contributed by atoms with Crippen molar-refractivity contribution < 1.29 is 14.4 Å². The van der Waals surface area contributed by atoms with E-state index in [1.165, 1.54) is 0 Å². The number of carbonyl (C=O) groups is 1. The van der Waals surface area contributed by atoms with Crippen molar-refractivity contribution in [1.29, 1.82) is 0 Å². The average molecular weight is 238 g/mol. The van der Waals surface area contributed by atoms with Crippen LogP contribution in [0.1, 0.15) is 48.9 Å². The van der Waals surface area contributed by atoms with Crippen LogP contribution >= 0.6 is 0 Å². The Kier molecular flexibility index (Phi) is 3.47. The first-order valence-electron chi connectivity index (χ1n) is 6.09. The molecule has 1 aliphatic rings. The van der Waals surface area contributed by atoms with Crippen LogP contribution in [-0.2, 0) is 0 Å². The number of aromatic nitrogens is 1. The number of β-amino-alcohol motifs (C(OH)–C–C–N with tert-alkyl or cyclic N) is 1. The van der Waals surface area contributed by atoms with E-state index < -0.39 is 0 Å². The van der Waals surface area contributed by atoms with Crippen LogP contribution in [0.4, 0.5) is 0 Å². The number of amides is 1. The molecular weight excluding hydrogens is 220 g/mol. The summed E-state index contributed by atoms with van der Waals surface area (Å²) in [6.07, 6.45) is 1.58. The van der Waals surface area contributed by atoms with Gasteiger partial charge in [-0.25, -0.2) is 0 Å². The number of likely N-dealkylation sites (tertiary alicyclic amines) is 1. The van der Waals surface area contributed by atoms with E-state index in [0.29, 0.717) is 19.0 Å². The fraction of sp³-hybridized carbons (Fsp3) is 0.667. The molecule has 5 heteroatoms. The minimum Gasteiger partial charge on any atom is -0.389 e. The molecule has 0 aromatic carbocycles. The summed E-state index contributed by atoms with van der Waals surface area (Å²) in [4.78, 5) is 13.4. The van der Waals surface area contributed by atoms with Crippen molar-refractivity contribution in [3.05, 3.63) is 17.5 Å². The molecular formula is C12H18N2O3. The smallest absolute Gasteiger partial charge is 0.292 e. The first-order valence-corrected chi connectivity index (χ1v) is 6.09. The Morgan fingerprint density at radius 1 is 1.59 bits per heavy atom. The molecule has 0 saturated carbocycles. The van der Waals surface area contributed by atoms with Crippen molar-refractivity contribution in [1.82, 2.24) is 10.1 Å². The maximum Gasteiger partial charge on any atom is 0.292 e. The number of rotatable bonds is 4. The van der Waals surface area contributed by atoms with Gasteiger partial charge >= 0.3 is 0 Å². The third kappa shape index (κ3) is 2.34. The highest BCUT2D eigenvalue weighted by Crippen LogP contribution is 2.23. The second-order valence-corrected chi connectivity index (χ2v) is 4.49. The highest BCUT2D eigenvalue weighted by molar-refractivity contribution is 5.92. The summed E-state index contributed by atoms with van der Waals surface area (Å²) in [5.41, 5.74) is 0.847. The molecule has 1 aromatic heterocycles. The Bertz CT molecular complexity index is 392. The van der Waals surface area contributed by atoms with Crippen LogP contribution in [0.15, 0.2) is 10.6 Å². The Morgan fingerprint density at radius 3 is 2.76 bits per heavy atom. The van der Waals surface area contributed by atoms with Crippen molar-refractivity contribution >= 4 is 5.91 Å². The SMILES string of the molecule is CCC(CC)c1cc(C(=O)N2CC(O)C2)on1. The van der Waals surface area contributed by atoms with Crippen LogP contribution in [0.3, 0.4) is 0 Å². The van der Waals surface area contributed by atoms with Crippen molar-refractivity contribution in [2.45, 2.75) is 38.7 Å². The molecule has 5 nitrogen and oxygen atoms in total. The quantitative estimate of drug-likeness (QED) is 0.861. The van der Waals surface area contributed by atoms with Crippen LogP contribution in [0.25, 0.3) is 0 Å². The number of hydrogen-bond acceptors (Lipinski definition) is 4. The summed E-state index contributed by atoms with van der Waals surface area (Å²) < 4.78 is 5.08. The molecule has 2 rings (SSSR count). The molecule has 1 aromatic rings. The molecule has 17 heavy (non-hydrogen) atoms. The van der Waals surface area contributed by atoms with E-state index in [4.69, 9.17) is 9.63 Å². The Labute approximate surface area is 100 Å². The minimum absolute atomic E-state index is 0.181. The summed E-state index contributed by atoms with van der Waals surface area (Å²) in [5.74, 6) is 0.445. The van der Waals surface area contributed by atoms with Crippen molar-refractivity contribution in [2.24, 2.45) is 0 Å². The highest BCUT2D eigenvalue weighted by atomic mass is 16.5. The molecule has 1 fully saturated rings. The third-order valence-electron chi connectivity index (χ3n) is 3.29. The van der Waals surface area contributed by atoms with Gasteiger partial charge in [0, 0.05) is 25.1 Å². The number of carbonyl (C=O) groups excluding carboxylic acids is 1. The molecule has 0 spiro atoms. The molecule has 1 amide bonds. The van der Waals surface area contributed by atoms with E-state index in [9.17, 15) is 4.79 Å². The molecule has 94 valence electrons. The summed E-state index contributed by atoms with van der Waals surface area (Å²) in [7, 11) is 0. The second kappa shape index (κ2) is 4.87. The second-order valence-electron chi connectivity index (χ2n) is 4.49. The van der Waals surface area contributed by atoms with Gasteiger partial charge in [0.1, 0.15) is 0 Å². The Morgan fingerprint density at radius 2 is 2.24 bits per heavy atom. The molecule has 0 radical (unpaired) electrons. The third-order valence-corrected chi connectivity index (χ3v) is 3.29. The molecule has 0 aliphatic carbocycles. The summed E-state index contributed by atoms with van der Waals surface area (Å²) >= 11 is 0.